The lowest BCUT2D eigenvalue weighted by Gasteiger charge is -2.09. The first kappa shape index (κ1) is 13.6. The predicted octanol–water partition coefficient (Wildman–Crippen LogP) is 3.24. The number of benzene rings is 1. The zero-order valence-corrected chi connectivity index (χ0v) is 10.7. The Bertz CT molecular complexity index is 370. The van der Waals surface area contributed by atoms with Crippen molar-refractivity contribution in [3.63, 3.8) is 0 Å². The van der Waals surface area contributed by atoms with E-state index in [2.05, 4.69) is 4.74 Å². The molecular weight excluding hydrogens is 274 g/mol. The number of rotatable bonds is 5. The standard InChI is InChI=1S/C10H9Cl3O3/c1-15-4-7(14)5-16-10-8(12)2-6(11)3-9(10)13/h2-3H,4-5H2,1H3. The number of hydrogen-bond acceptors (Lipinski definition) is 3. The third-order valence-corrected chi connectivity index (χ3v) is 2.43. The number of carbonyl (C=O) groups excluding carboxylic acids is 1. The van der Waals surface area contributed by atoms with Crippen molar-refractivity contribution in [2.24, 2.45) is 0 Å². The van der Waals surface area contributed by atoms with Crippen LogP contribution >= 0.6 is 34.8 Å². The van der Waals surface area contributed by atoms with Gasteiger partial charge in [0, 0.05) is 12.1 Å². The van der Waals surface area contributed by atoms with Crippen LogP contribution in [-0.4, -0.2) is 26.1 Å². The summed E-state index contributed by atoms with van der Waals surface area (Å²) in [5.74, 6) is 0.0433. The lowest BCUT2D eigenvalue weighted by atomic mass is 10.3. The third-order valence-electron chi connectivity index (χ3n) is 1.65. The number of ether oxygens (including phenoxy) is 2. The number of halogens is 3. The molecule has 0 radical (unpaired) electrons. The summed E-state index contributed by atoms with van der Waals surface area (Å²) in [6, 6.07) is 2.98. The lowest BCUT2D eigenvalue weighted by molar-refractivity contribution is -0.124. The molecule has 0 amide bonds. The molecule has 0 aliphatic heterocycles. The van der Waals surface area contributed by atoms with E-state index in [9.17, 15) is 4.79 Å². The molecule has 0 unspecified atom stereocenters. The van der Waals surface area contributed by atoms with Crippen molar-refractivity contribution in [3.05, 3.63) is 27.2 Å². The Morgan fingerprint density at radius 1 is 1.19 bits per heavy atom. The molecule has 88 valence electrons. The Labute approximate surface area is 108 Å². The Morgan fingerprint density at radius 3 is 2.25 bits per heavy atom. The summed E-state index contributed by atoms with van der Waals surface area (Å²) in [5.41, 5.74) is 0. The zero-order valence-electron chi connectivity index (χ0n) is 8.43. The van der Waals surface area contributed by atoms with Gasteiger partial charge in [0.15, 0.2) is 11.5 Å². The van der Waals surface area contributed by atoms with Gasteiger partial charge in [-0.1, -0.05) is 34.8 Å². The average molecular weight is 284 g/mol. The van der Waals surface area contributed by atoms with Crippen LogP contribution in [0.2, 0.25) is 15.1 Å². The second-order valence-corrected chi connectivity index (χ2v) is 4.21. The van der Waals surface area contributed by atoms with Gasteiger partial charge in [0.2, 0.25) is 0 Å². The smallest absolute Gasteiger partial charge is 0.195 e. The second-order valence-electron chi connectivity index (χ2n) is 2.96. The first-order valence-corrected chi connectivity index (χ1v) is 5.46. The van der Waals surface area contributed by atoms with Crippen molar-refractivity contribution in [1.29, 1.82) is 0 Å². The van der Waals surface area contributed by atoms with Crippen LogP contribution in [0.3, 0.4) is 0 Å². The van der Waals surface area contributed by atoms with Gasteiger partial charge in [0.25, 0.3) is 0 Å². The fraction of sp³-hybridized carbons (Fsp3) is 0.300. The van der Waals surface area contributed by atoms with E-state index < -0.39 is 0 Å². The Balaban J connectivity index is 2.70. The van der Waals surface area contributed by atoms with E-state index in [0.717, 1.165) is 0 Å². The summed E-state index contributed by atoms with van der Waals surface area (Å²) in [6.45, 7) is -0.155. The van der Waals surface area contributed by atoms with E-state index >= 15 is 0 Å². The Morgan fingerprint density at radius 2 is 1.75 bits per heavy atom. The van der Waals surface area contributed by atoms with Crippen LogP contribution in [0.5, 0.6) is 5.75 Å². The van der Waals surface area contributed by atoms with Gasteiger partial charge in [-0.2, -0.15) is 0 Å². The highest BCUT2D eigenvalue weighted by atomic mass is 35.5. The van der Waals surface area contributed by atoms with Gasteiger partial charge in [0.1, 0.15) is 13.2 Å². The maximum atomic E-state index is 11.1. The fourth-order valence-electron chi connectivity index (χ4n) is 1.02. The van der Waals surface area contributed by atoms with Crippen molar-refractivity contribution < 1.29 is 14.3 Å². The van der Waals surface area contributed by atoms with E-state index in [1.165, 1.54) is 19.2 Å². The largest absolute Gasteiger partial charge is 0.483 e. The number of hydrogen-bond donors (Lipinski definition) is 0. The molecule has 1 aromatic carbocycles. The Kier molecular flexibility index (Phi) is 5.35. The summed E-state index contributed by atoms with van der Waals surface area (Å²) in [7, 11) is 1.43. The van der Waals surface area contributed by atoms with E-state index in [-0.39, 0.29) is 34.8 Å². The first-order valence-electron chi connectivity index (χ1n) is 4.32. The molecule has 3 nitrogen and oxygen atoms in total. The molecule has 0 fully saturated rings. The highest BCUT2D eigenvalue weighted by Crippen LogP contribution is 2.35. The molecule has 0 atom stereocenters. The van der Waals surface area contributed by atoms with E-state index in [1.54, 1.807) is 0 Å². The van der Waals surface area contributed by atoms with Gasteiger partial charge in [-0.3, -0.25) is 4.79 Å². The van der Waals surface area contributed by atoms with E-state index in [1.807, 2.05) is 0 Å². The van der Waals surface area contributed by atoms with Gasteiger partial charge in [-0.15, -0.1) is 0 Å². The molecule has 6 heteroatoms. The van der Waals surface area contributed by atoms with Gasteiger partial charge in [0.05, 0.1) is 10.0 Å². The molecule has 0 aliphatic rings. The fourth-order valence-corrected chi connectivity index (χ4v) is 1.95. The highest BCUT2D eigenvalue weighted by Gasteiger charge is 2.11. The summed E-state index contributed by atoms with van der Waals surface area (Å²) >= 11 is 17.4. The van der Waals surface area contributed by atoms with Crippen LogP contribution < -0.4 is 4.74 Å². The maximum absolute atomic E-state index is 11.1. The minimum absolute atomic E-state index is 0.0111. The molecule has 0 bridgehead atoms. The number of Topliss-reactive ketones (excluding diaryl/α,β-unsaturated/α-hetero) is 1. The first-order chi connectivity index (χ1) is 7.54. The number of carbonyl (C=O) groups is 1. The zero-order chi connectivity index (χ0) is 12.1. The van der Waals surface area contributed by atoms with Crippen molar-refractivity contribution >= 4 is 40.6 Å². The van der Waals surface area contributed by atoms with Crippen LogP contribution in [-0.2, 0) is 9.53 Å². The normalized spacial score (nSPS) is 10.2. The quantitative estimate of drug-likeness (QED) is 0.832. The molecular formula is C10H9Cl3O3. The molecule has 0 heterocycles. The van der Waals surface area contributed by atoms with E-state index in [0.29, 0.717) is 5.02 Å². The van der Waals surface area contributed by atoms with Crippen LogP contribution in [0.25, 0.3) is 0 Å². The summed E-state index contributed by atoms with van der Waals surface area (Å²) < 4.78 is 9.84. The van der Waals surface area contributed by atoms with Crippen molar-refractivity contribution in [2.75, 3.05) is 20.3 Å². The van der Waals surface area contributed by atoms with Crippen molar-refractivity contribution in [3.8, 4) is 5.75 Å². The highest BCUT2D eigenvalue weighted by molar-refractivity contribution is 6.40. The predicted molar refractivity (Wildman–Crippen MR) is 63.9 cm³/mol. The van der Waals surface area contributed by atoms with Gasteiger partial charge >= 0.3 is 0 Å². The monoisotopic (exact) mass is 282 g/mol. The third kappa shape index (κ3) is 3.83. The van der Waals surface area contributed by atoms with Gasteiger partial charge in [-0.25, -0.2) is 0 Å². The maximum Gasteiger partial charge on any atom is 0.195 e. The van der Waals surface area contributed by atoms with Gasteiger partial charge in [-0.05, 0) is 12.1 Å². The summed E-state index contributed by atoms with van der Waals surface area (Å²) in [5, 5.41) is 0.941. The van der Waals surface area contributed by atoms with E-state index in [4.69, 9.17) is 39.5 Å². The minimum atomic E-state index is -0.204. The molecule has 1 rings (SSSR count). The second kappa shape index (κ2) is 6.30. The SMILES string of the molecule is COCC(=O)COc1c(Cl)cc(Cl)cc1Cl. The van der Waals surface area contributed by atoms with Crippen LogP contribution in [0.4, 0.5) is 0 Å². The summed E-state index contributed by atoms with van der Waals surface area (Å²) in [4.78, 5) is 11.1. The number of ketones is 1. The molecule has 0 saturated heterocycles. The Hall–Kier alpha value is -0.480. The molecule has 0 N–H and O–H groups in total. The minimum Gasteiger partial charge on any atom is -0.483 e. The van der Waals surface area contributed by atoms with Crippen molar-refractivity contribution in [2.45, 2.75) is 0 Å². The summed E-state index contributed by atoms with van der Waals surface area (Å²) in [6.07, 6.45) is 0. The van der Waals surface area contributed by atoms with Gasteiger partial charge < -0.3 is 9.47 Å². The topological polar surface area (TPSA) is 35.5 Å². The molecule has 0 aliphatic carbocycles. The number of methoxy groups -OCH3 is 1. The molecule has 0 saturated carbocycles. The average Bonchev–Trinajstić information content (AvgIpc) is 2.16. The molecule has 1 aromatic rings. The van der Waals surface area contributed by atoms with Crippen LogP contribution in [0.1, 0.15) is 0 Å². The van der Waals surface area contributed by atoms with Crippen molar-refractivity contribution in [1.82, 2.24) is 0 Å². The molecule has 0 spiro atoms. The molecule has 16 heavy (non-hydrogen) atoms. The molecule has 0 aromatic heterocycles. The lowest BCUT2D eigenvalue weighted by Crippen LogP contribution is -2.16. The van der Waals surface area contributed by atoms with Crippen LogP contribution in [0.15, 0.2) is 12.1 Å². The van der Waals surface area contributed by atoms with Crippen LogP contribution in [0, 0.1) is 0 Å².